The van der Waals surface area contributed by atoms with Gasteiger partial charge in [0.15, 0.2) is 0 Å². The largest absolute Gasteiger partial charge is 0.486 e. The Bertz CT molecular complexity index is 1200. The molecule has 4 fully saturated rings. The Morgan fingerprint density at radius 1 is 1.11 bits per heavy atom. The van der Waals surface area contributed by atoms with Gasteiger partial charge < -0.3 is 9.72 Å². The molecule has 2 bridgehead atoms. The lowest BCUT2D eigenvalue weighted by molar-refractivity contribution is 0.0181. The third-order valence-electron chi connectivity index (χ3n) is 9.07. The van der Waals surface area contributed by atoms with Crippen molar-refractivity contribution in [3.05, 3.63) is 59.5 Å². The first-order chi connectivity index (χ1) is 17.2. The van der Waals surface area contributed by atoms with Crippen LogP contribution in [0.15, 0.2) is 42.6 Å². The number of ether oxygens (including phenoxy) is 1. The van der Waals surface area contributed by atoms with Crippen molar-refractivity contribution < 1.29 is 9.13 Å². The van der Waals surface area contributed by atoms with Crippen molar-refractivity contribution in [3.63, 3.8) is 0 Å². The van der Waals surface area contributed by atoms with E-state index in [1.807, 2.05) is 6.20 Å². The molecule has 2 aliphatic heterocycles. The molecule has 6 heteroatoms. The van der Waals surface area contributed by atoms with Crippen LogP contribution in [0.3, 0.4) is 0 Å². The molecule has 5 nitrogen and oxygen atoms in total. The van der Waals surface area contributed by atoms with Gasteiger partial charge in [-0.3, -0.25) is 19.2 Å². The zero-order chi connectivity index (χ0) is 23.5. The molecule has 184 valence electrons. The fraction of sp³-hybridized carbons (Fsp3) is 0.552. The van der Waals surface area contributed by atoms with Crippen LogP contribution in [0.5, 0.6) is 5.75 Å². The maximum absolute atomic E-state index is 12.4. The van der Waals surface area contributed by atoms with E-state index in [2.05, 4.69) is 58.1 Å². The minimum atomic E-state index is -0.245. The highest BCUT2D eigenvalue weighted by Crippen LogP contribution is 2.54. The van der Waals surface area contributed by atoms with Gasteiger partial charge in [-0.05, 0) is 74.6 Å². The molecule has 1 saturated heterocycles. The number of halogens is 1. The molecule has 4 heterocycles. The fourth-order valence-corrected chi connectivity index (χ4v) is 7.37. The van der Waals surface area contributed by atoms with Gasteiger partial charge in [-0.2, -0.15) is 0 Å². The first-order valence-corrected chi connectivity index (χ1v) is 13.5. The zero-order valence-corrected chi connectivity index (χ0v) is 20.5. The average molecular weight is 475 g/mol. The van der Waals surface area contributed by atoms with Crippen molar-refractivity contribution in [3.8, 4) is 5.75 Å². The predicted molar refractivity (Wildman–Crippen MR) is 135 cm³/mol. The van der Waals surface area contributed by atoms with E-state index in [-0.39, 0.29) is 18.8 Å². The molecular formula is C29H35FN4O. The number of likely N-dealkylation sites (tertiary alicyclic amines) is 1. The second-order valence-electron chi connectivity index (χ2n) is 11.3. The number of benzene rings is 1. The lowest BCUT2D eigenvalue weighted by atomic mass is 9.82. The van der Waals surface area contributed by atoms with Crippen LogP contribution in [0.25, 0.3) is 10.9 Å². The third kappa shape index (κ3) is 3.68. The summed E-state index contributed by atoms with van der Waals surface area (Å²) in [6.07, 6.45) is 7.94. The standard InChI is InChI=1S/C29H35FN4O/c1-18-11-24-23-5-2-3-6-25(23)32-28(24)29(34(18)27-14-19-12-20(27)13-19)26-8-7-21(15-31-26)35-22-16-33(17-22)10-4-9-30/h2-3,5-8,15,18-20,22,27,29,32H,4,9-14,16-17H2,1H3/t18-,19?,20?,27?,29-/m1/s1. The van der Waals surface area contributed by atoms with Crippen molar-refractivity contribution in [1.82, 2.24) is 19.8 Å². The Balaban J connectivity index is 1.18. The van der Waals surface area contributed by atoms with E-state index in [1.54, 1.807) is 0 Å². The second-order valence-corrected chi connectivity index (χ2v) is 11.3. The van der Waals surface area contributed by atoms with Gasteiger partial charge in [-0.15, -0.1) is 0 Å². The van der Waals surface area contributed by atoms with Crippen LogP contribution in [0.1, 0.15) is 55.6 Å². The molecule has 1 aromatic carbocycles. The van der Waals surface area contributed by atoms with Gasteiger partial charge in [0, 0.05) is 48.3 Å². The Morgan fingerprint density at radius 3 is 2.71 bits per heavy atom. The molecule has 3 aromatic rings. The highest BCUT2D eigenvalue weighted by Gasteiger charge is 2.51. The number of alkyl halides is 1. The van der Waals surface area contributed by atoms with Crippen LogP contribution in [0.2, 0.25) is 0 Å². The molecule has 3 saturated carbocycles. The van der Waals surface area contributed by atoms with E-state index < -0.39 is 0 Å². The quantitative estimate of drug-likeness (QED) is 0.516. The summed E-state index contributed by atoms with van der Waals surface area (Å²) in [7, 11) is 0. The summed E-state index contributed by atoms with van der Waals surface area (Å²) in [5.74, 6) is 2.61. The van der Waals surface area contributed by atoms with Crippen molar-refractivity contribution in [2.24, 2.45) is 11.8 Å². The summed E-state index contributed by atoms with van der Waals surface area (Å²) in [5.41, 5.74) is 5.13. The number of nitrogens with zero attached hydrogens (tertiary/aromatic N) is 3. The topological polar surface area (TPSA) is 44.4 Å². The Morgan fingerprint density at radius 2 is 1.97 bits per heavy atom. The Kier molecular flexibility index (Phi) is 5.36. The summed E-state index contributed by atoms with van der Waals surface area (Å²) < 4.78 is 18.6. The third-order valence-corrected chi connectivity index (χ3v) is 9.07. The second kappa shape index (κ2) is 8.59. The summed E-state index contributed by atoms with van der Waals surface area (Å²) in [6, 6.07) is 14.3. The minimum absolute atomic E-state index is 0.152. The highest BCUT2D eigenvalue weighted by atomic mass is 19.1. The van der Waals surface area contributed by atoms with Crippen molar-refractivity contribution in [2.75, 3.05) is 26.3 Å². The van der Waals surface area contributed by atoms with Gasteiger partial charge in [0.05, 0.1) is 24.6 Å². The van der Waals surface area contributed by atoms with Gasteiger partial charge in [0.25, 0.3) is 0 Å². The Hall–Kier alpha value is -2.44. The molecule has 0 spiro atoms. The molecule has 3 atom stereocenters. The highest BCUT2D eigenvalue weighted by molar-refractivity contribution is 5.85. The molecule has 5 aliphatic rings. The van der Waals surface area contributed by atoms with Crippen LogP contribution in [0.4, 0.5) is 4.39 Å². The number of H-pyrrole nitrogens is 1. The number of hydrogen-bond acceptors (Lipinski definition) is 4. The van der Waals surface area contributed by atoms with Crippen molar-refractivity contribution in [2.45, 2.75) is 63.3 Å². The average Bonchev–Trinajstić information content (AvgIpc) is 3.52. The molecule has 1 unspecified atom stereocenters. The summed E-state index contributed by atoms with van der Waals surface area (Å²) in [4.78, 5) is 13.9. The number of hydrogen-bond donors (Lipinski definition) is 1. The molecule has 0 amide bonds. The Labute approximate surface area is 206 Å². The first-order valence-electron chi connectivity index (χ1n) is 13.5. The molecule has 0 radical (unpaired) electrons. The number of fused-ring (bicyclic) bond motifs is 4. The van der Waals surface area contributed by atoms with E-state index in [9.17, 15) is 4.39 Å². The van der Waals surface area contributed by atoms with Crippen molar-refractivity contribution >= 4 is 10.9 Å². The SMILES string of the molecule is C[C@@H]1Cc2c([nH]c3ccccc23)[C@@H](c2ccc(OC3CN(CCCF)C3)cn2)N1C1CC2CC1C2. The fourth-order valence-electron chi connectivity index (χ4n) is 7.37. The number of aromatic amines is 1. The van der Waals surface area contributed by atoms with Gasteiger partial charge in [-0.25, -0.2) is 0 Å². The van der Waals surface area contributed by atoms with E-state index in [1.165, 1.54) is 41.4 Å². The lowest BCUT2D eigenvalue weighted by Crippen LogP contribution is -2.53. The monoisotopic (exact) mass is 474 g/mol. The number of aromatic nitrogens is 2. The molecule has 35 heavy (non-hydrogen) atoms. The number of para-hydroxylation sites is 1. The summed E-state index contributed by atoms with van der Waals surface area (Å²) >= 11 is 0. The number of pyridine rings is 1. The van der Waals surface area contributed by atoms with E-state index in [0.717, 1.165) is 49.3 Å². The van der Waals surface area contributed by atoms with Crippen LogP contribution < -0.4 is 4.74 Å². The summed E-state index contributed by atoms with van der Waals surface area (Å²) in [5, 5.41) is 1.36. The van der Waals surface area contributed by atoms with Gasteiger partial charge >= 0.3 is 0 Å². The van der Waals surface area contributed by atoms with Gasteiger partial charge in [-0.1, -0.05) is 18.2 Å². The van der Waals surface area contributed by atoms with Crippen LogP contribution in [0, 0.1) is 11.8 Å². The molecule has 1 N–H and O–H groups in total. The lowest BCUT2D eigenvalue weighted by Gasteiger charge is -2.45. The van der Waals surface area contributed by atoms with E-state index >= 15 is 0 Å². The number of nitrogens with one attached hydrogen (secondary N) is 1. The zero-order valence-electron chi connectivity index (χ0n) is 20.5. The smallest absolute Gasteiger partial charge is 0.138 e. The van der Waals surface area contributed by atoms with Gasteiger partial charge in [0.2, 0.25) is 0 Å². The molecule has 3 aliphatic carbocycles. The van der Waals surface area contributed by atoms with E-state index in [0.29, 0.717) is 18.5 Å². The minimum Gasteiger partial charge on any atom is -0.486 e. The van der Waals surface area contributed by atoms with Crippen LogP contribution >= 0.6 is 0 Å². The molecule has 8 rings (SSSR count). The van der Waals surface area contributed by atoms with Crippen molar-refractivity contribution in [1.29, 1.82) is 0 Å². The summed E-state index contributed by atoms with van der Waals surface area (Å²) in [6.45, 7) is 4.73. The van der Waals surface area contributed by atoms with Crippen LogP contribution in [-0.4, -0.2) is 64.3 Å². The number of rotatable bonds is 7. The molecule has 2 aromatic heterocycles. The predicted octanol–water partition coefficient (Wildman–Crippen LogP) is 5.12. The van der Waals surface area contributed by atoms with Gasteiger partial charge in [0.1, 0.15) is 11.9 Å². The van der Waals surface area contributed by atoms with Crippen LogP contribution in [-0.2, 0) is 6.42 Å². The molecular weight excluding hydrogens is 439 g/mol. The first kappa shape index (κ1) is 21.8. The normalized spacial score (nSPS) is 30.7. The van der Waals surface area contributed by atoms with E-state index in [4.69, 9.17) is 9.72 Å². The maximum atomic E-state index is 12.4. The maximum Gasteiger partial charge on any atom is 0.138 e.